The predicted octanol–water partition coefficient (Wildman–Crippen LogP) is 5.57. The van der Waals surface area contributed by atoms with Crippen molar-refractivity contribution >= 4 is 33.8 Å². The highest BCUT2D eigenvalue weighted by Crippen LogP contribution is 2.30. The van der Waals surface area contributed by atoms with Crippen LogP contribution in [0.15, 0.2) is 76.6 Å². The summed E-state index contributed by atoms with van der Waals surface area (Å²) in [5, 5.41) is 9.78. The largest absolute Gasteiger partial charge is 0.339 e. The van der Waals surface area contributed by atoms with Gasteiger partial charge in [0.1, 0.15) is 0 Å². The van der Waals surface area contributed by atoms with Gasteiger partial charge in [0.15, 0.2) is 0 Å². The molecule has 1 amide bonds. The minimum Gasteiger partial charge on any atom is -0.339 e. The topological polar surface area (TPSA) is 80.9 Å². The second kappa shape index (κ2) is 7.53. The molecule has 7 heteroatoms. The fourth-order valence-electron chi connectivity index (χ4n) is 3.30. The summed E-state index contributed by atoms with van der Waals surface area (Å²) in [5.74, 6) is 0.674. The van der Waals surface area contributed by atoms with Crippen molar-refractivity contribution < 1.29 is 9.32 Å². The second-order valence-corrected chi connectivity index (χ2v) is 7.63. The monoisotopic (exact) mass is 412 g/mol. The summed E-state index contributed by atoms with van der Waals surface area (Å²) in [6.45, 7) is 1.73. The molecular weight excluding hydrogens is 396 g/mol. The van der Waals surface area contributed by atoms with Crippen LogP contribution in [0, 0.1) is 6.92 Å². The number of aryl methyl sites for hydroxylation is 1. The molecule has 1 N–H and O–H groups in total. The van der Waals surface area contributed by atoms with E-state index in [9.17, 15) is 4.79 Å². The molecule has 5 aromatic rings. The highest BCUT2D eigenvalue weighted by molar-refractivity contribution is 7.13. The molecule has 0 radical (unpaired) electrons. The SMILES string of the molecule is Cc1nc(-c2ccccc2NC(=O)c2cc(-c3cccs3)nc3ccccc23)no1. The summed E-state index contributed by atoms with van der Waals surface area (Å²) in [5.41, 5.74) is 3.41. The van der Waals surface area contributed by atoms with Gasteiger partial charge in [-0.05, 0) is 35.7 Å². The van der Waals surface area contributed by atoms with Crippen LogP contribution in [0.25, 0.3) is 32.9 Å². The van der Waals surface area contributed by atoms with Crippen molar-refractivity contribution in [3.05, 3.63) is 83.6 Å². The average Bonchev–Trinajstić information content (AvgIpc) is 3.45. The van der Waals surface area contributed by atoms with Gasteiger partial charge < -0.3 is 9.84 Å². The molecule has 0 fully saturated rings. The number of anilines is 1. The van der Waals surface area contributed by atoms with E-state index in [0.717, 1.165) is 21.5 Å². The number of pyridine rings is 1. The minimum atomic E-state index is -0.223. The van der Waals surface area contributed by atoms with Gasteiger partial charge in [-0.25, -0.2) is 4.98 Å². The van der Waals surface area contributed by atoms with Gasteiger partial charge in [0.2, 0.25) is 11.7 Å². The average molecular weight is 412 g/mol. The summed E-state index contributed by atoms with van der Waals surface area (Å²) >= 11 is 1.59. The number of para-hydroxylation sites is 2. The lowest BCUT2D eigenvalue weighted by Gasteiger charge is -2.12. The maximum Gasteiger partial charge on any atom is 0.256 e. The number of carbonyl (C=O) groups is 1. The quantitative estimate of drug-likeness (QED) is 0.417. The van der Waals surface area contributed by atoms with E-state index >= 15 is 0 Å². The molecule has 3 aromatic heterocycles. The molecule has 0 atom stereocenters. The van der Waals surface area contributed by atoms with Crippen molar-refractivity contribution in [3.63, 3.8) is 0 Å². The Balaban J connectivity index is 1.58. The lowest BCUT2D eigenvalue weighted by molar-refractivity contribution is 0.102. The number of hydrogen-bond acceptors (Lipinski definition) is 6. The standard InChI is InChI=1S/C23H16N4O2S/c1-14-24-22(27-29-14)16-8-3-5-10-19(16)26-23(28)17-13-20(21-11-6-12-30-21)25-18-9-4-2-7-15(17)18/h2-13H,1H3,(H,26,28). The molecule has 146 valence electrons. The Morgan fingerprint density at radius 1 is 1.00 bits per heavy atom. The molecule has 0 bridgehead atoms. The number of benzene rings is 2. The molecule has 6 nitrogen and oxygen atoms in total. The van der Waals surface area contributed by atoms with Gasteiger partial charge in [0.25, 0.3) is 5.91 Å². The van der Waals surface area contributed by atoms with E-state index in [0.29, 0.717) is 28.5 Å². The van der Waals surface area contributed by atoms with Gasteiger partial charge in [0, 0.05) is 17.9 Å². The van der Waals surface area contributed by atoms with Crippen LogP contribution in [-0.4, -0.2) is 21.0 Å². The summed E-state index contributed by atoms with van der Waals surface area (Å²) in [7, 11) is 0. The van der Waals surface area contributed by atoms with Crippen LogP contribution in [0.2, 0.25) is 0 Å². The number of thiophene rings is 1. The first kappa shape index (κ1) is 18.2. The Labute approximate surface area is 176 Å². The van der Waals surface area contributed by atoms with E-state index in [1.807, 2.05) is 72.1 Å². The van der Waals surface area contributed by atoms with E-state index < -0.39 is 0 Å². The Kier molecular flexibility index (Phi) is 4.57. The van der Waals surface area contributed by atoms with E-state index in [-0.39, 0.29) is 5.91 Å². The predicted molar refractivity (Wildman–Crippen MR) is 117 cm³/mol. The van der Waals surface area contributed by atoms with Gasteiger partial charge >= 0.3 is 0 Å². The van der Waals surface area contributed by atoms with E-state index in [1.54, 1.807) is 18.3 Å². The number of nitrogens with zero attached hydrogens (tertiary/aromatic N) is 3. The molecule has 0 aliphatic heterocycles. The maximum absolute atomic E-state index is 13.3. The van der Waals surface area contributed by atoms with Gasteiger partial charge in [0.05, 0.1) is 27.3 Å². The first-order chi connectivity index (χ1) is 14.7. The fourth-order valence-corrected chi connectivity index (χ4v) is 3.99. The van der Waals surface area contributed by atoms with Crippen LogP contribution in [0.3, 0.4) is 0 Å². The lowest BCUT2D eigenvalue weighted by atomic mass is 10.1. The number of carbonyl (C=O) groups excluding carboxylic acids is 1. The highest BCUT2D eigenvalue weighted by atomic mass is 32.1. The molecule has 5 rings (SSSR count). The van der Waals surface area contributed by atoms with E-state index in [1.165, 1.54) is 0 Å². The van der Waals surface area contributed by atoms with Crippen molar-refractivity contribution in [3.8, 4) is 22.0 Å². The van der Waals surface area contributed by atoms with Gasteiger partial charge in [-0.3, -0.25) is 4.79 Å². The molecule has 0 aliphatic rings. The summed E-state index contributed by atoms with van der Waals surface area (Å²) in [6.07, 6.45) is 0. The molecule has 2 aromatic carbocycles. The normalized spacial score (nSPS) is 11.0. The van der Waals surface area contributed by atoms with E-state index in [2.05, 4.69) is 15.5 Å². The number of rotatable bonds is 4. The first-order valence-electron chi connectivity index (χ1n) is 9.34. The van der Waals surface area contributed by atoms with Crippen LogP contribution in [0.4, 0.5) is 5.69 Å². The number of aromatic nitrogens is 3. The summed E-state index contributed by atoms with van der Waals surface area (Å²) in [6, 6.07) is 20.8. The second-order valence-electron chi connectivity index (χ2n) is 6.69. The summed E-state index contributed by atoms with van der Waals surface area (Å²) in [4.78, 5) is 23.4. The van der Waals surface area contributed by atoms with Crippen LogP contribution in [0.5, 0.6) is 0 Å². The lowest BCUT2D eigenvalue weighted by Crippen LogP contribution is -2.14. The molecule has 0 aliphatic carbocycles. The number of amides is 1. The molecule has 0 saturated carbocycles. The fraction of sp³-hybridized carbons (Fsp3) is 0.0435. The Morgan fingerprint density at radius 3 is 2.63 bits per heavy atom. The zero-order valence-corrected chi connectivity index (χ0v) is 16.8. The summed E-state index contributed by atoms with van der Waals surface area (Å²) < 4.78 is 5.10. The molecule has 0 saturated heterocycles. The van der Waals surface area contributed by atoms with Crippen LogP contribution in [-0.2, 0) is 0 Å². The highest BCUT2D eigenvalue weighted by Gasteiger charge is 2.17. The Hall–Kier alpha value is -3.84. The third-order valence-corrected chi connectivity index (χ3v) is 5.57. The van der Waals surface area contributed by atoms with Crippen LogP contribution < -0.4 is 5.32 Å². The van der Waals surface area contributed by atoms with Crippen molar-refractivity contribution in [1.29, 1.82) is 0 Å². The van der Waals surface area contributed by atoms with Crippen molar-refractivity contribution in [2.45, 2.75) is 6.92 Å². The molecule has 30 heavy (non-hydrogen) atoms. The molecular formula is C23H16N4O2S. The zero-order chi connectivity index (χ0) is 20.5. The third-order valence-electron chi connectivity index (χ3n) is 4.68. The zero-order valence-electron chi connectivity index (χ0n) is 16.0. The van der Waals surface area contributed by atoms with Crippen molar-refractivity contribution in [2.75, 3.05) is 5.32 Å². The van der Waals surface area contributed by atoms with E-state index in [4.69, 9.17) is 9.51 Å². The van der Waals surface area contributed by atoms with Crippen molar-refractivity contribution in [1.82, 2.24) is 15.1 Å². The Bertz CT molecular complexity index is 1360. The van der Waals surface area contributed by atoms with Gasteiger partial charge in [-0.15, -0.1) is 11.3 Å². The van der Waals surface area contributed by atoms with Gasteiger partial charge in [-0.2, -0.15) is 4.98 Å². The molecule has 3 heterocycles. The van der Waals surface area contributed by atoms with Crippen LogP contribution in [0.1, 0.15) is 16.2 Å². The van der Waals surface area contributed by atoms with Crippen molar-refractivity contribution in [2.24, 2.45) is 0 Å². The van der Waals surface area contributed by atoms with Gasteiger partial charge in [-0.1, -0.05) is 41.6 Å². The first-order valence-corrected chi connectivity index (χ1v) is 10.2. The molecule has 0 spiro atoms. The maximum atomic E-state index is 13.3. The molecule has 0 unspecified atom stereocenters. The Morgan fingerprint density at radius 2 is 1.83 bits per heavy atom. The number of fused-ring (bicyclic) bond motifs is 1. The van der Waals surface area contributed by atoms with Crippen LogP contribution >= 0.6 is 11.3 Å². The number of nitrogens with one attached hydrogen (secondary N) is 1. The smallest absolute Gasteiger partial charge is 0.256 e. The number of hydrogen-bond donors (Lipinski definition) is 1. The minimum absolute atomic E-state index is 0.223. The third kappa shape index (κ3) is 3.35.